The van der Waals surface area contributed by atoms with Gasteiger partial charge in [0, 0.05) is 22.8 Å². The van der Waals surface area contributed by atoms with E-state index in [9.17, 15) is 10.1 Å². The fourth-order valence-electron chi connectivity index (χ4n) is 2.69. The number of hydrazine groups is 2. The molecule has 0 aliphatic carbocycles. The average molecular weight is 428 g/mol. The number of non-ortho nitro benzene ring substituents is 1. The molecule has 136 valence electrons. The van der Waals surface area contributed by atoms with Crippen LogP contribution in [0.1, 0.15) is 11.1 Å². The van der Waals surface area contributed by atoms with Crippen LogP contribution < -0.4 is 11.1 Å². The fourth-order valence-corrected chi connectivity index (χ4v) is 3.08. The molecular formula is C17H14BrN7O2. The van der Waals surface area contributed by atoms with E-state index in [-0.39, 0.29) is 5.69 Å². The molecule has 0 radical (unpaired) electrons. The first-order valence-corrected chi connectivity index (χ1v) is 8.80. The molecule has 3 aromatic rings. The predicted molar refractivity (Wildman–Crippen MR) is 103 cm³/mol. The topological polar surface area (TPSA) is 101 Å². The summed E-state index contributed by atoms with van der Waals surface area (Å²) in [7, 11) is 0. The maximum atomic E-state index is 10.8. The molecule has 0 atom stereocenters. The molecule has 1 aromatic heterocycles. The molecule has 0 spiro atoms. The lowest BCUT2D eigenvalue weighted by molar-refractivity contribution is -0.384. The number of hydrogen-bond donors (Lipinski definition) is 2. The van der Waals surface area contributed by atoms with Gasteiger partial charge in [-0.2, -0.15) is 5.10 Å². The molecule has 0 bridgehead atoms. The third-order valence-electron chi connectivity index (χ3n) is 4.00. The van der Waals surface area contributed by atoms with Crippen LogP contribution >= 0.6 is 15.9 Å². The van der Waals surface area contributed by atoms with Crippen LogP contribution in [0.3, 0.4) is 0 Å². The highest BCUT2D eigenvalue weighted by Crippen LogP contribution is 2.18. The molecule has 2 N–H and O–H groups in total. The fraction of sp³-hybridized carbons (Fsp3) is 0.0588. The van der Waals surface area contributed by atoms with Gasteiger partial charge >= 0.3 is 0 Å². The highest BCUT2D eigenvalue weighted by molar-refractivity contribution is 9.10. The standard InChI is InChI=1S/C17H14BrN7O2/c18-14-2-1-3-16(8-14)23-11-13(9-19-23)17-20-21-22-24(17)10-12-4-6-15(7-5-12)25(26)27/h1-9,11,21-22H,10H2. The van der Waals surface area contributed by atoms with Crippen LogP contribution in [0.15, 0.2) is 70.5 Å². The molecule has 10 heteroatoms. The summed E-state index contributed by atoms with van der Waals surface area (Å²) in [5.41, 5.74) is 8.42. The van der Waals surface area contributed by atoms with Crippen molar-refractivity contribution in [3.8, 4) is 5.69 Å². The first-order valence-electron chi connectivity index (χ1n) is 8.00. The van der Waals surface area contributed by atoms with Crippen molar-refractivity contribution in [3.05, 3.63) is 86.6 Å². The number of rotatable bonds is 5. The Bertz CT molecular complexity index is 1020. The Morgan fingerprint density at radius 3 is 2.74 bits per heavy atom. The van der Waals surface area contributed by atoms with Crippen LogP contribution in [0.25, 0.3) is 5.69 Å². The van der Waals surface area contributed by atoms with Gasteiger partial charge in [0.25, 0.3) is 5.69 Å². The van der Waals surface area contributed by atoms with Gasteiger partial charge in [-0.05, 0) is 23.8 Å². The Labute approximate surface area is 162 Å². The largest absolute Gasteiger partial charge is 0.269 e. The van der Waals surface area contributed by atoms with E-state index in [4.69, 9.17) is 0 Å². The second kappa shape index (κ2) is 7.17. The van der Waals surface area contributed by atoms with Gasteiger partial charge in [-0.1, -0.05) is 34.1 Å². The van der Waals surface area contributed by atoms with E-state index in [1.807, 2.05) is 35.5 Å². The molecule has 27 heavy (non-hydrogen) atoms. The number of nitrogens with zero attached hydrogens (tertiary/aromatic N) is 5. The molecule has 0 unspecified atom stereocenters. The van der Waals surface area contributed by atoms with Crippen molar-refractivity contribution in [1.29, 1.82) is 0 Å². The molecule has 4 rings (SSSR count). The summed E-state index contributed by atoms with van der Waals surface area (Å²) in [5.74, 6) is 0.676. The molecule has 2 aromatic carbocycles. The van der Waals surface area contributed by atoms with Gasteiger partial charge in [0.15, 0.2) is 5.84 Å². The summed E-state index contributed by atoms with van der Waals surface area (Å²) in [4.78, 5) is 10.4. The van der Waals surface area contributed by atoms with Gasteiger partial charge in [0.05, 0.1) is 28.9 Å². The lowest BCUT2D eigenvalue weighted by atomic mass is 10.2. The maximum absolute atomic E-state index is 10.8. The summed E-state index contributed by atoms with van der Waals surface area (Å²) in [6, 6.07) is 14.2. The third kappa shape index (κ3) is 3.66. The molecule has 0 saturated carbocycles. The molecule has 0 fully saturated rings. The number of nitro benzene ring substituents is 1. The highest BCUT2D eigenvalue weighted by Gasteiger charge is 2.21. The van der Waals surface area contributed by atoms with E-state index in [0.29, 0.717) is 12.4 Å². The van der Waals surface area contributed by atoms with Crippen molar-refractivity contribution < 1.29 is 4.92 Å². The molecule has 9 nitrogen and oxygen atoms in total. The van der Waals surface area contributed by atoms with E-state index in [0.717, 1.165) is 21.3 Å². The Hall–Kier alpha value is -3.24. The number of hydrazone groups is 1. The molecular weight excluding hydrogens is 414 g/mol. The molecule has 1 aliphatic heterocycles. The minimum atomic E-state index is -0.414. The highest BCUT2D eigenvalue weighted by atomic mass is 79.9. The number of amidine groups is 1. The van der Waals surface area contributed by atoms with Crippen molar-refractivity contribution in [1.82, 2.24) is 25.9 Å². The van der Waals surface area contributed by atoms with Gasteiger partial charge in [-0.15, -0.1) is 10.6 Å². The van der Waals surface area contributed by atoms with Gasteiger partial charge in [0.2, 0.25) is 0 Å². The first-order chi connectivity index (χ1) is 13.1. The number of hydrogen-bond acceptors (Lipinski definition) is 7. The van der Waals surface area contributed by atoms with Crippen LogP contribution in [0.2, 0.25) is 0 Å². The minimum Gasteiger partial charge on any atom is -0.266 e. The molecule has 1 aliphatic rings. The van der Waals surface area contributed by atoms with E-state index in [1.165, 1.54) is 12.1 Å². The number of benzene rings is 2. The first kappa shape index (κ1) is 17.2. The number of aromatic nitrogens is 2. The van der Waals surface area contributed by atoms with Crippen molar-refractivity contribution in [2.45, 2.75) is 6.54 Å². The second-order valence-electron chi connectivity index (χ2n) is 5.82. The smallest absolute Gasteiger partial charge is 0.266 e. The number of nitro groups is 1. The summed E-state index contributed by atoms with van der Waals surface area (Å²) in [5, 5.41) is 21.3. The normalized spacial score (nSPS) is 13.4. The van der Waals surface area contributed by atoms with Gasteiger partial charge in [-0.3, -0.25) is 15.1 Å². The zero-order chi connectivity index (χ0) is 18.8. The van der Waals surface area contributed by atoms with E-state index in [2.05, 4.69) is 37.2 Å². The molecule has 0 amide bonds. The van der Waals surface area contributed by atoms with Crippen LogP contribution in [0, 0.1) is 10.1 Å². The number of nitrogens with one attached hydrogen (secondary N) is 2. The predicted octanol–water partition coefficient (Wildman–Crippen LogP) is 2.73. The zero-order valence-electron chi connectivity index (χ0n) is 13.9. The van der Waals surface area contributed by atoms with Crippen molar-refractivity contribution >= 4 is 27.5 Å². The van der Waals surface area contributed by atoms with Crippen LogP contribution in [-0.2, 0) is 6.54 Å². The molecule has 0 saturated heterocycles. The summed E-state index contributed by atoms with van der Waals surface area (Å²) >= 11 is 3.46. The van der Waals surface area contributed by atoms with Crippen LogP contribution in [0.5, 0.6) is 0 Å². The van der Waals surface area contributed by atoms with E-state index >= 15 is 0 Å². The summed E-state index contributed by atoms with van der Waals surface area (Å²) < 4.78 is 2.74. The lowest BCUT2D eigenvalue weighted by Crippen LogP contribution is -2.40. The van der Waals surface area contributed by atoms with Crippen LogP contribution in [-0.4, -0.2) is 25.5 Å². The number of halogens is 1. The van der Waals surface area contributed by atoms with Gasteiger partial charge < -0.3 is 0 Å². The van der Waals surface area contributed by atoms with E-state index < -0.39 is 4.92 Å². The van der Waals surface area contributed by atoms with Crippen LogP contribution in [0.4, 0.5) is 5.69 Å². The maximum Gasteiger partial charge on any atom is 0.269 e. The Kier molecular flexibility index (Phi) is 4.57. The van der Waals surface area contributed by atoms with Crippen molar-refractivity contribution in [3.63, 3.8) is 0 Å². The van der Waals surface area contributed by atoms with E-state index in [1.54, 1.807) is 23.0 Å². The quantitative estimate of drug-likeness (QED) is 0.479. The Balaban J connectivity index is 1.52. The Morgan fingerprint density at radius 2 is 2.00 bits per heavy atom. The van der Waals surface area contributed by atoms with Gasteiger partial charge in [0.1, 0.15) is 0 Å². The summed E-state index contributed by atoms with van der Waals surface area (Å²) in [6.07, 6.45) is 3.62. The SMILES string of the molecule is O=[N+]([O-])c1ccc(CN2NNN=C2c2cnn(-c3cccc(Br)c3)c2)cc1. The second-order valence-corrected chi connectivity index (χ2v) is 6.74. The molecule has 2 heterocycles. The Morgan fingerprint density at radius 1 is 1.19 bits per heavy atom. The average Bonchev–Trinajstić information content (AvgIpc) is 3.31. The summed E-state index contributed by atoms with van der Waals surface area (Å²) in [6.45, 7) is 0.478. The third-order valence-corrected chi connectivity index (χ3v) is 4.50. The minimum absolute atomic E-state index is 0.0652. The van der Waals surface area contributed by atoms with Crippen molar-refractivity contribution in [2.24, 2.45) is 5.10 Å². The lowest BCUT2D eigenvalue weighted by Gasteiger charge is -2.18. The monoisotopic (exact) mass is 427 g/mol. The van der Waals surface area contributed by atoms with Crippen molar-refractivity contribution in [2.75, 3.05) is 0 Å². The zero-order valence-corrected chi connectivity index (χ0v) is 15.5. The van der Waals surface area contributed by atoms with Gasteiger partial charge in [-0.25, -0.2) is 10.2 Å².